The smallest absolute Gasteiger partial charge is 0.273 e. The Balaban J connectivity index is 1.88. The Morgan fingerprint density at radius 3 is 2.73 bits per heavy atom. The molecule has 0 saturated heterocycles. The molecule has 8 heteroatoms. The maximum atomic E-state index is 13.5. The van der Waals surface area contributed by atoms with E-state index in [1.807, 2.05) is 50.2 Å². The molecule has 0 radical (unpaired) electrons. The quantitative estimate of drug-likeness (QED) is 0.695. The van der Waals surface area contributed by atoms with E-state index in [9.17, 15) is 8.42 Å². The topological polar surface area (TPSA) is 75.0 Å². The summed E-state index contributed by atoms with van der Waals surface area (Å²) < 4.78 is 37.0. The molecule has 0 bridgehead atoms. The van der Waals surface area contributed by atoms with Gasteiger partial charge in [0.2, 0.25) is 0 Å². The van der Waals surface area contributed by atoms with Crippen molar-refractivity contribution in [3.8, 4) is 0 Å². The molecule has 0 fully saturated rings. The molecule has 6 nitrogen and oxygen atoms in total. The number of amidine groups is 1. The van der Waals surface area contributed by atoms with Gasteiger partial charge in [-0.05, 0) is 36.6 Å². The average molecular weight is 388 g/mol. The Labute approximate surface area is 156 Å². The lowest BCUT2D eigenvalue weighted by atomic mass is 10.1. The van der Waals surface area contributed by atoms with Gasteiger partial charge in [0.1, 0.15) is 29.0 Å². The van der Waals surface area contributed by atoms with Crippen LogP contribution >= 0.6 is 11.7 Å². The molecular weight excluding hydrogens is 368 g/mol. The van der Waals surface area contributed by atoms with Crippen LogP contribution in [-0.4, -0.2) is 40.1 Å². The molecule has 1 aromatic heterocycles. The van der Waals surface area contributed by atoms with Crippen LogP contribution in [0.5, 0.6) is 0 Å². The Hall–Kier alpha value is -2.32. The standard InChI is InChI=1S/C18H18N4O2S2/c1-12-10-15-17(21-25-20-15)18(13(12)2)26(23,24)22-9-8-19-16(22)11-14-6-4-3-5-7-14/h3-7,10H,8-9,11H2,1-2H3/p+1. The van der Waals surface area contributed by atoms with E-state index in [-0.39, 0.29) is 4.90 Å². The zero-order chi connectivity index (χ0) is 18.3. The molecule has 2 heterocycles. The van der Waals surface area contributed by atoms with Crippen LogP contribution in [0.3, 0.4) is 0 Å². The van der Waals surface area contributed by atoms with Gasteiger partial charge in [-0.3, -0.25) is 5.32 Å². The Bertz CT molecular complexity index is 1120. The summed E-state index contributed by atoms with van der Waals surface area (Å²) >= 11 is 1.04. The minimum atomic E-state index is -3.72. The van der Waals surface area contributed by atoms with Crippen LogP contribution in [-0.2, 0) is 16.4 Å². The summed E-state index contributed by atoms with van der Waals surface area (Å²) in [6.07, 6.45) is 0.545. The fraction of sp³-hybridized carbons (Fsp3) is 0.278. The first-order chi connectivity index (χ1) is 12.5. The van der Waals surface area contributed by atoms with Gasteiger partial charge in [-0.15, -0.1) is 3.98 Å². The summed E-state index contributed by atoms with van der Waals surface area (Å²) in [5.74, 6) is 0.702. The number of fused-ring (bicyclic) bond motifs is 1. The van der Waals surface area contributed by atoms with Crippen molar-refractivity contribution in [3.63, 3.8) is 0 Å². The number of sulfonamides is 1. The Morgan fingerprint density at radius 1 is 1.19 bits per heavy atom. The van der Waals surface area contributed by atoms with E-state index in [0.717, 1.165) is 28.4 Å². The summed E-state index contributed by atoms with van der Waals surface area (Å²) in [4.78, 5) is 0.274. The second kappa shape index (κ2) is 6.44. The van der Waals surface area contributed by atoms with Crippen molar-refractivity contribution in [2.24, 2.45) is 0 Å². The summed E-state index contributed by atoms with van der Waals surface area (Å²) in [7, 11) is -3.72. The molecule has 134 valence electrons. The minimum absolute atomic E-state index is 0.274. The van der Waals surface area contributed by atoms with Crippen LogP contribution in [0.1, 0.15) is 16.7 Å². The second-order valence-electron chi connectivity index (χ2n) is 6.39. The van der Waals surface area contributed by atoms with Gasteiger partial charge >= 0.3 is 10.0 Å². The first-order valence-electron chi connectivity index (χ1n) is 8.37. The molecule has 1 N–H and O–H groups in total. The van der Waals surface area contributed by atoms with E-state index < -0.39 is 10.0 Å². The third kappa shape index (κ3) is 2.79. The predicted molar refractivity (Wildman–Crippen MR) is 102 cm³/mol. The normalized spacial score (nSPS) is 14.8. The molecule has 0 atom stereocenters. The van der Waals surface area contributed by atoms with E-state index in [4.69, 9.17) is 0 Å². The highest BCUT2D eigenvalue weighted by atomic mass is 32.2. The van der Waals surface area contributed by atoms with Crippen LogP contribution in [0.15, 0.2) is 41.3 Å². The second-order valence-corrected chi connectivity index (χ2v) is 8.72. The number of aryl methyl sites for hydroxylation is 1. The van der Waals surface area contributed by atoms with E-state index in [1.54, 1.807) is 0 Å². The van der Waals surface area contributed by atoms with Gasteiger partial charge in [-0.1, -0.05) is 30.3 Å². The number of aromatic nitrogens is 2. The predicted octanol–water partition coefficient (Wildman–Crippen LogP) is 2.25. The van der Waals surface area contributed by atoms with Crippen molar-refractivity contribution < 1.29 is 12.4 Å². The number of hydrogen-bond donors (Lipinski definition) is 1. The zero-order valence-electron chi connectivity index (χ0n) is 14.6. The van der Waals surface area contributed by atoms with Crippen molar-refractivity contribution in [1.29, 1.82) is 0 Å². The SMILES string of the molecule is Cc1cc2nsnc2c(S(=O)(=O)[N+]2=C(Cc3ccccc3)NCC2)c1C. The van der Waals surface area contributed by atoms with Crippen molar-refractivity contribution >= 4 is 38.6 Å². The van der Waals surface area contributed by atoms with Crippen LogP contribution in [0.2, 0.25) is 0 Å². The van der Waals surface area contributed by atoms with E-state index >= 15 is 0 Å². The van der Waals surface area contributed by atoms with Gasteiger partial charge < -0.3 is 0 Å². The number of nitrogens with zero attached hydrogens (tertiary/aromatic N) is 3. The van der Waals surface area contributed by atoms with Gasteiger partial charge in [0.25, 0.3) is 5.84 Å². The van der Waals surface area contributed by atoms with Crippen molar-refractivity contribution in [2.45, 2.75) is 25.2 Å². The van der Waals surface area contributed by atoms with Crippen molar-refractivity contribution in [2.75, 3.05) is 13.1 Å². The molecule has 26 heavy (non-hydrogen) atoms. The van der Waals surface area contributed by atoms with Crippen LogP contribution in [0.4, 0.5) is 0 Å². The lowest BCUT2D eigenvalue weighted by Crippen LogP contribution is -2.29. The fourth-order valence-electron chi connectivity index (χ4n) is 3.27. The van der Waals surface area contributed by atoms with Crippen LogP contribution in [0.25, 0.3) is 11.0 Å². The van der Waals surface area contributed by atoms with E-state index in [0.29, 0.717) is 36.4 Å². The summed E-state index contributed by atoms with van der Waals surface area (Å²) in [5.41, 5.74) is 3.80. The first-order valence-corrected chi connectivity index (χ1v) is 10.5. The summed E-state index contributed by atoms with van der Waals surface area (Å²) in [5, 5.41) is 3.24. The third-order valence-corrected chi connectivity index (χ3v) is 7.26. The minimum Gasteiger partial charge on any atom is -0.273 e. The molecule has 0 saturated carbocycles. The Morgan fingerprint density at radius 2 is 1.96 bits per heavy atom. The van der Waals surface area contributed by atoms with Crippen LogP contribution in [0, 0.1) is 13.8 Å². The van der Waals surface area contributed by atoms with Gasteiger partial charge in [0, 0.05) is 0 Å². The zero-order valence-corrected chi connectivity index (χ0v) is 16.2. The highest BCUT2D eigenvalue weighted by Crippen LogP contribution is 2.29. The van der Waals surface area contributed by atoms with Crippen molar-refractivity contribution in [1.82, 2.24) is 14.1 Å². The number of hydrogen-bond acceptors (Lipinski definition) is 6. The first kappa shape index (κ1) is 17.1. The molecule has 4 rings (SSSR count). The van der Waals surface area contributed by atoms with Crippen LogP contribution < -0.4 is 5.32 Å². The molecule has 0 unspecified atom stereocenters. The third-order valence-electron chi connectivity index (χ3n) is 4.72. The lowest BCUT2D eigenvalue weighted by Gasteiger charge is -2.11. The van der Waals surface area contributed by atoms with E-state index in [1.165, 1.54) is 3.98 Å². The molecule has 0 aliphatic carbocycles. The van der Waals surface area contributed by atoms with Gasteiger partial charge in [-0.2, -0.15) is 17.2 Å². The van der Waals surface area contributed by atoms with E-state index in [2.05, 4.69) is 14.1 Å². The monoisotopic (exact) mass is 387 g/mol. The fourth-order valence-corrected chi connectivity index (χ4v) is 5.78. The lowest BCUT2D eigenvalue weighted by molar-refractivity contribution is -0.354. The molecule has 0 spiro atoms. The Kier molecular flexibility index (Phi) is 4.24. The summed E-state index contributed by atoms with van der Waals surface area (Å²) in [6.45, 7) is 4.76. The number of rotatable bonds is 4. The average Bonchev–Trinajstić information content (AvgIpc) is 3.26. The molecule has 1 aliphatic rings. The highest BCUT2D eigenvalue weighted by molar-refractivity contribution is 7.85. The molecule has 1 aliphatic heterocycles. The number of benzene rings is 2. The van der Waals surface area contributed by atoms with Crippen molar-refractivity contribution in [3.05, 3.63) is 53.1 Å². The summed E-state index contributed by atoms with van der Waals surface area (Å²) in [6, 6.07) is 11.8. The van der Waals surface area contributed by atoms with Gasteiger partial charge in [-0.25, -0.2) is 0 Å². The maximum Gasteiger partial charge on any atom is 0.333 e. The largest absolute Gasteiger partial charge is 0.333 e. The molecule has 3 aromatic rings. The molecular formula is C18H19N4O2S2+. The van der Waals surface area contributed by atoms with Gasteiger partial charge in [0.05, 0.1) is 18.1 Å². The molecule has 0 amide bonds. The maximum absolute atomic E-state index is 13.5. The number of nitrogens with one attached hydrogen (secondary N) is 1. The molecule has 2 aromatic carbocycles. The van der Waals surface area contributed by atoms with Gasteiger partial charge in [0.15, 0.2) is 0 Å². The highest BCUT2D eigenvalue weighted by Gasteiger charge is 2.36.